The maximum absolute atomic E-state index is 11.7. The van der Waals surface area contributed by atoms with E-state index < -0.39 is 0 Å². The van der Waals surface area contributed by atoms with E-state index in [2.05, 4.69) is 37.8 Å². The fourth-order valence-electron chi connectivity index (χ4n) is 2.56. The molecule has 23 heavy (non-hydrogen) atoms. The highest BCUT2D eigenvalue weighted by molar-refractivity contribution is 5.75. The normalized spacial score (nSPS) is 15.5. The predicted molar refractivity (Wildman–Crippen MR) is 83.7 cm³/mol. The minimum absolute atomic E-state index is 0.143. The Kier molecular flexibility index (Phi) is 9.53. The number of tetrazole rings is 1. The van der Waals surface area contributed by atoms with Crippen molar-refractivity contribution < 1.29 is 14.7 Å². The van der Waals surface area contributed by atoms with Gasteiger partial charge in [-0.05, 0) is 45.7 Å². The van der Waals surface area contributed by atoms with Crippen molar-refractivity contribution in [3.05, 3.63) is 5.82 Å². The van der Waals surface area contributed by atoms with Crippen LogP contribution in [0.3, 0.4) is 0 Å². The maximum Gasteiger partial charge on any atom is 0.290 e. The molecule has 9 nitrogen and oxygen atoms in total. The zero-order valence-electron chi connectivity index (χ0n) is 13.6. The molecule has 1 aliphatic heterocycles. The van der Waals surface area contributed by atoms with Crippen molar-refractivity contribution in [3.8, 4) is 0 Å². The van der Waals surface area contributed by atoms with Crippen LogP contribution in [0.1, 0.15) is 44.9 Å². The minimum Gasteiger partial charge on any atom is -0.483 e. The van der Waals surface area contributed by atoms with E-state index in [0.29, 0.717) is 24.8 Å². The van der Waals surface area contributed by atoms with E-state index in [-0.39, 0.29) is 12.4 Å². The second-order valence-corrected chi connectivity index (χ2v) is 5.52. The van der Waals surface area contributed by atoms with E-state index >= 15 is 0 Å². The molecule has 0 aliphatic carbocycles. The van der Waals surface area contributed by atoms with E-state index in [1.165, 1.54) is 25.9 Å². The SMILES string of the molecule is CC(CCC(=O)NCCCc1nn[nH]n1)N1CCCC1.O=CO. The van der Waals surface area contributed by atoms with Crippen LogP contribution < -0.4 is 5.32 Å². The summed E-state index contributed by atoms with van der Waals surface area (Å²) in [5.41, 5.74) is 0. The van der Waals surface area contributed by atoms with Gasteiger partial charge in [0.25, 0.3) is 6.47 Å². The number of carbonyl (C=O) groups excluding carboxylic acids is 1. The molecule has 0 bridgehead atoms. The Morgan fingerprint density at radius 2 is 2.17 bits per heavy atom. The summed E-state index contributed by atoms with van der Waals surface area (Å²) in [5.74, 6) is 0.839. The van der Waals surface area contributed by atoms with Crippen molar-refractivity contribution in [2.24, 2.45) is 0 Å². The predicted octanol–water partition coefficient (Wildman–Crippen LogP) is 0.214. The zero-order valence-corrected chi connectivity index (χ0v) is 13.6. The molecule has 0 spiro atoms. The molecule has 0 saturated carbocycles. The summed E-state index contributed by atoms with van der Waals surface area (Å²) in [6.45, 7) is 5.02. The van der Waals surface area contributed by atoms with Gasteiger partial charge in [-0.25, -0.2) is 0 Å². The molecule has 130 valence electrons. The number of nitrogens with zero attached hydrogens (tertiary/aromatic N) is 4. The first-order valence-corrected chi connectivity index (χ1v) is 7.98. The van der Waals surface area contributed by atoms with Gasteiger partial charge in [-0.15, -0.1) is 10.2 Å². The molecule has 2 rings (SSSR count). The number of rotatable bonds is 8. The highest BCUT2D eigenvalue weighted by atomic mass is 16.3. The Morgan fingerprint density at radius 1 is 1.48 bits per heavy atom. The average Bonchev–Trinajstić information content (AvgIpc) is 3.23. The molecule has 9 heteroatoms. The molecule has 1 fully saturated rings. The smallest absolute Gasteiger partial charge is 0.290 e. The van der Waals surface area contributed by atoms with Crippen molar-refractivity contribution in [1.82, 2.24) is 30.8 Å². The van der Waals surface area contributed by atoms with E-state index in [9.17, 15) is 4.79 Å². The molecule has 1 aromatic heterocycles. The summed E-state index contributed by atoms with van der Waals surface area (Å²) in [6.07, 6.45) is 5.73. The number of aromatic nitrogens is 4. The van der Waals surface area contributed by atoms with Gasteiger partial charge in [0.15, 0.2) is 5.82 Å². The topological polar surface area (TPSA) is 124 Å². The number of carbonyl (C=O) groups is 2. The van der Waals surface area contributed by atoms with E-state index in [4.69, 9.17) is 9.90 Å². The molecule has 1 unspecified atom stereocenters. The summed E-state index contributed by atoms with van der Waals surface area (Å²) >= 11 is 0. The number of nitrogens with one attached hydrogen (secondary N) is 2. The van der Waals surface area contributed by atoms with Crippen LogP contribution in [-0.2, 0) is 16.0 Å². The highest BCUT2D eigenvalue weighted by Crippen LogP contribution is 2.14. The first-order valence-electron chi connectivity index (χ1n) is 7.98. The van der Waals surface area contributed by atoms with Crippen LogP contribution in [0.2, 0.25) is 0 Å². The molecule has 1 amide bonds. The standard InChI is InChI=1S/C13H24N6O.CH2O2/c1-11(19-9-2-3-10-19)6-7-13(20)14-8-4-5-12-15-17-18-16-12;2-1-3/h11H,2-10H2,1H3,(H,14,20)(H,15,16,17,18);1H,(H,2,3). The summed E-state index contributed by atoms with van der Waals surface area (Å²) in [7, 11) is 0. The van der Waals surface area contributed by atoms with Crippen LogP contribution >= 0.6 is 0 Å². The third-order valence-corrected chi connectivity index (χ3v) is 3.84. The monoisotopic (exact) mass is 326 g/mol. The molecule has 0 aromatic carbocycles. The Balaban J connectivity index is 0.000000816. The number of hydrogen-bond donors (Lipinski definition) is 3. The Bertz CT molecular complexity index is 434. The van der Waals surface area contributed by atoms with Crippen molar-refractivity contribution in [3.63, 3.8) is 0 Å². The van der Waals surface area contributed by atoms with E-state index in [1.54, 1.807) is 0 Å². The number of amides is 1. The fraction of sp³-hybridized carbons (Fsp3) is 0.786. The summed E-state index contributed by atoms with van der Waals surface area (Å²) in [5, 5.41) is 23.5. The highest BCUT2D eigenvalue weighted by Gasteiger charge is 2.18. The molecule has 1 saturated heterocycles. The third-order valence-electron chi connectivity index (χ3n) is 3.84. The fourth-order valence-corrected chi connectivity index (χ4v) is 2.56. The van der Waals surface area contributed by atoms with E-state index in [0.717, 1.165) is 19.3 Å². The Hall–Kier alpha value is -2.03. The molecular formula is C14H26N6O3. The largest absolute Gasteiger partial charge is 0.483 e. The van der Waals surface area contributed by atoms with Crippen molar-refractivity contribution in [1.29, 1.82) is 0 Å². The van der Waals surface area contributed by atoms with Gasteiger partial charge in [0.1, 0.15) is 0 Å². The second-order valence-electron chi connectivity index (χ2n) is 5.52. The van der Waals surface area contributed by atoms with Crippen molar-refractivity contribution in [2.75, 3.05) is 19.6 Å². The quantitative estimate of drug-likeness (QED) is 0.461. The lowest BCUT2D eigenvalue weighted by atomic mass is 10.1. The molecule has 1 atom stereocenters. The summed E-state index contributed by atoms with van der Waals surface area (Å²) in [6, 6.07) is 0.516. The molecule has 2 heterocycles. The Morgan fingerprint density at radius 3 is 2.78 bits per heavy atom. The molecule has 1 aliphatic rings. The number of likely N-dealkylation sites (tertiary alicyclic amines) is 1. The average molecular weight is 326 g/mol. The number of H-pyrrole nitrogens is 1. The summed E-state index contributed by atoms with van der Waals surface area (Å²) in [4.78, 5) is 22.6. The number of carboxylic acid groups (broad SMARTS) is 1. The van der Waals surface area contributed by atoms with Crippen LogP contribution in [-0.4, -0.2) is 68.7 Å². The number of aromatic amines is 1. The van der Waals surface area contributed by atoms with Gasteiger partial charge < -0.3 is 15.3 Å². The van der Waals surface area contributed by atoms with Gasteiger partial charge in [0, 0.05) is 25.4 Å². The van der Waals surface area contributed by atoms with Gasteiger partial charge in [0.05, 0.1) is 0 Å². The zero-order chi connectivity index (χ0) is 16.9. The summed E-state index contributed by atoms with van der Waals surface area (Å²) < 4.78 is 0. The van der Waals surface area contributed by atoms with Crippen molar-refractivity contribution >= 4 is 12.4 Å². The van der Waals surface area contributed by atoms with Crippen LogP contribution in [0.25, 0.3) is 0 Å². The maximum atomic E-state index is 11.7. The molecular weight excluding hydrogens is 300 g/mol. The van der Waals surface area contributed by atoms with Gasteiger partial charge in [-0.1, -0.05) is 5.21 Å². The number of hydrogen-bond acceptors (Lipinski definition) is 6. The number of aryl methyl sites for hydroxylation is 1. The van der Waals surface area contributed by atoms with E-state index in [1.807, 2.05) is 0 Å². The molecule has 3 N–H and O–H groups in total. The lowest BCUT2D eigenvalue weighted by Gasteiger charge is -2.23. The van der Waals surface area contributed by atoms with Gasteiger partial charge >= 0.3 is 0 Å². The lowest BCUT2D eigenvalue weighted by Crippen LogP contribution is -2.32. The molecule has 0 radical (unpaired) electrons. The van der Waals surface area contributed by atoms with Gasteiger partial charge in [-0.3, -0.25) is 9.59 Å². The Labute approximate surface area is 135 Å². The van der Waals surface area contributed by atoms with Crippen LogP contribution in [0, 0.1) is 0 Å². The first kappa shape index (κ1) is 19.0. The minimum atomic E-state index is -0.250. The van der Waals surface area contributed by atoms with Crippen LogP contribution in [0.5, 0.6) is 0 Å². The van der Waals surface area contributed by atoms with Crippen molar-refractivity contribution in [2.45, 2.75) is 51.5 Å². The van der Waals surface area contributed by atoms with Crippen LogP contribution in [0.15, 0.2) is 0 Å². The third kappa shape index (κ3) is 8.24. The van der Waals surface area contributed by atoms with Gasteiger partial charge in [-0.2, -0.15) is 5.21 Å². The second kappa shape index (κ2) is 11.5. The molecule has 1 aromatic rings. The van der Waals surface area contributed by atoms with Crippen LogP contribution in [0.4, 0.5) is 0 Å². The lowest BCUT2D eigenvalue weighted by molar-refractivity contribution is -0.123. The van der Waals surface area contributed by atoms with Gasteiger partial charge in [0.2, 0.25) is 5.91 Å². The first-order chi connectivity index (χ1) is 11.2.